The maximum atomic E-state index is 11.8. The molecule has 2 atom stereocenters. The zero-order valence-corrected chi connectivity index (χ0v) is 10.5. The molecule has 1 aliphatic rings. The van der Waals surface area contributed by atoms with Gasteiger partial charge in [0, 0.05) is 19.0 Å². The number of likely N-dealkylation sites (tertiary alicyclic amines) is 1. The zero-order valence-electron chi connectivity index (χ0n) is 10.5. The van der Waals surface area contributed by atoms with Crippen molar-refractivity contribution in [3.05, 3.63) is 0 Å². The standard InChI is InChI=1S/C12H21NO3/c1-9-5-6-13(7-10(9)8-14)11(15)16-12(2,3)4/h8-10H,5-7H2,1-4H3. The molecule has 92 valence electrons. The lowest BCUT2D eigenvalue weighted by atomic mass is 9.88. The predicted octanol–water partition coefficient (Wildman–Crippen LogP) is 2.08. The van der Waals surface area contributed by atoms with Gasteiger partial charge in [0.1, 0.15) is 11.9 Å². The molecule has 0 N–H and O–H groups in total. The smallest absolute Gasteiger partial charge is 0.410 e. The van der Waals surface area contributed by atoms with E-state index in [4.69, 9.17) is 4.74 Å². The monoisotopic (exact) mass is 227 g/mol. The third-order valence-corrected chi connectivity index (χ3v) is 2.84. The molecule has 1 saturated heterocycles. The largest absolute Gasteiger partial charge is 0.444 e. The molecule has 0 aromatic carbocycles. The summed E-state index contributed by atoms with van der Waals surface area (Å²) in [5.41, 5.74) is -0.475. The lowest BCUT2D eigenvalue weighted by molar-refractivity contribution is -0.114. The van der Waals surface area contributed by atoms with Crippen LogP contribution in [0.2, 0.25) is 0 Å². The molecular weight excluding hydrogens is 206 g/mol. The molecule has 0 aromatic rings. The number of hydrogen-bond donors (Lipinski definition) is 0. The van der Waals surface area contributed by atoms with Crippen LogP contribution < -0.4 is 0 Å². The van der Waals surface area contributed by atoms with Gasteiger partial charge in [-0.25, -0.2) is 4.79 Å². The van der Waals surface area contributed by atoms with Crippen LogP contribution >= 0.6 is 0 Å². The van der Waals surface area contributed by atoms with E-state index in [1.807, 2.05) is 27.7 Å². The van der Waals surface area contributed by atoms with Gasteiger partial charge in [-0.3, -0.25) is 0 Å². The lowest BCUT2D eigenvalue weighted by Crippen LogP contribution is -2.45. The molecule has 1 amide bonds. The van der Waals surface area contributed by atoms with Crippen molar-refractivity contribution in [2.45, 2.75) is 39.7 Å². The highest BCUT2D eigenvalue weighted by Crippen LogP contribution is 2.22. The fourth-order valence-corrected chi connectivity index (χ4v) is 1.77. The predicted molar refractivity (Wildman–Crippen MR) is 61.1 cm³/mol. The average molecular weight is 227 g/mol. The molecule has 0 spiro atoms. The summed E-state index contributed by atoms with van der Waals surface area (Å²) in [7, 11) is 0. The maximum absolute atomic E-state index is 11.8. The van der Waals surface area contributed by atoms with Crippen molar-refractivity contribution in [3.8, 4) is 0 Å². The van der Waals surface area contributed by atoms with E-state index >= 15 is 0 Å². The highest BCUT2D eigenvalue weighted by Gasteiger charge is 2.30. The fraction of sp³-hybridized carbons (Fsp3) is 0.833. The third kappa shape index (κ3) is 3.51. The van der Waals surface area contributed by atoms with Crippen LogP contribution in [0.5, 0.6) is 0 Å². The van der Waals surface area contributed by atoms with E-state index in [1.54, 1.807) is 4.90 Å². The SMILES string of the molecule is CC1CCN(C(=O)OC(C)(C)C)CC1C=O. The Hall–Kier alpha value is -1.06. The van der Waals surface area contributed by atoms with E-state index in [1.165, 1.54) is 0 Å². The Kier molecular flexibility index (Phi) is 3.94. The van der Waals surface area contributed by atoms with Gasteiger partial charge < -0.3 is 14.4 Å². The van der Waals surface area contributed by atoms with E-state index in [9.17, 15) is 9.59 Å². The summed E-state index contributed by atoms with van der Waals surface area (Å²) in [6.07, 6.45) is 1.50. The van der Waals surface area contributed by atoms with Crippen LogP contribution in [0.3, 0.4) is 0 Å². The first kappa shape index (κ1) is 13.0. The summed E-state index contributed by atoms with van der Waals surface area (Å²) in [5, 5.41) is 0. The number of nitrogens with zero attached hydrogens (tertiary/aromatic N) is 1. The van der Waals surface area contributed by atoms with Crippen LogP contribution in [0, 0.1) is 11.8 Å². The van der Waals surface area contributed by atoms with Gasteiger partial charge in [-0.05, 0) is 33.1 Å². The first-order chi connectivity index (χ1) is 7.33. The number of aldehydes is 1. The molecule has 1 fully saturated rings. The number of carbonyl (C=O) groups excluding carboxylic acids is 2. The number of ether oxygens (including phenoxy) is 1. The van der Waals surface area contributed by atoms with E-state index in [-0.39, 0.29) is 12.0 Å². The molecule has 4 nitrogen and oxygen atoms in total. The fourth-order valence-electron chi connectivity index (χ4n) is 1.77. The van der Waals surface area contributed by atoms with Gasteiger partial charge in [0.15, 0.2) is 0 Å². The highest BCUT2D eigenvalue weighted by atomic mass is 16.6. The van der Waals surface area contributed by atoms with Crippen LogP contribution in [0.15, 0.2) is 0 Å². The van der Waals surface area contributed by atoms with E-state index in [0.29, 0.717) is 19.0 Å². The van der Waals surface area contributed by atoms with Gasteiger partial charge in [-0.1, -0.05) is 6.92 Å². The van der Waals surface area contributed by atoms with Crippen molar-refractivity contribution >= 4 is 12.4 Å². The van der Waals surface area contributed by atoms with Crippen LogP contribution in [0.1, 0.15) is 34.1 Å². The van der Waals surface area contributed by atoms with Crippen molar-refractivity contribution in [2.24, 2.45) is 11.8 Å². The highest BCUT2D eigenvalue weighted by molar-refractivity contribution is 5.69. The molecule has 0 saturated carbocycles. The molecule has 1 heterocycles. The summed E-state index contributed by atoms with van der Waals surface area (Å²) < 4.78 is 5.28. The number of hydrogen-bond acceptors (Lipinski definition) is 3. The van der Waals surface area contributed by atoms with Crippen molar-refractivity contribution in [3.63, 3.8) is 0 Å². The normalized spacial score (nSPS) is 26.4. The molecule has 16 heavy (non-hydrogen) atoms. The minimum atomic E-state index is -0.475. The molecule has 0 bridgehead atoms. The molecule has 1 rings (SSSR count). The Balaban J connectivity index is 2.55. The van der Waals surface area contributed by atoms with Crippen LogP contribution in [0.25, 0.3) is 0 Å². The van der Waals surface area contributed by atoms with Gasteiger partial charge in [0.25, 0.3) is 0 Å². The molecule has 0 aromatic heterocycles. The maximum Gasteiger partial charge on any atom is 0.410 e. The van der Waals surface area contributed by atoms with Gasteiger partial charge in [0.2, 0.25) is 0 Å². The number of piperidine rings is 1. The Bertz CT molecular complexity index is 270. The minimum absolute atomic E-state index is 0.0544. The summed E-state index contributed by atoms with van der Waals surface area (Å²) in [4.78, 5) is 24.2. The number of carbonyl (C=O) groups is 2. The minimum Gasteiger partial charge on any atom is -0.444 e. The van der Waals surface area contributed by atoms with Gasteiger partial charge >= 0.3 is 6.09 Å². The van der Waals surface area contributed by atoms with Crippen molar-refractivity contribution in [1.82, 2.24) is 4.90 Å². The number of rotatable bonds is 1. The summed E-state index contributed by atoms with van der Waals surface area (Å²) in [5.74, 6) is 0.303. The zero-order chi connectivity index (χ0) is 12.3. The topological polar surface area (TPSA) is 46.6 Å². The van der Waals surface area contributed by atoms with E-state index in [0.717, 1.165) is 12.7 Å². The van der Waals surface area contributed by atoms with E-state index in [2.05, 4.69) is 0 Å². The van der Waals surface area contributed by atoms with Crippen LogP contribution in [0.4, 0.5) is 4.79 Å². The average Bonchev–Trinajstić information content (AvgIpc) is 2.15. The summed E-state index contributed by atoms with van der Waals surface area (Å²) >= 11 is 0. The Morgan fingerprint density at radius 3 is 2.56 bits per heavy atom. The first-order valence-corrected chi connectivity index (χ1v) is 5.76. The molecule has 4 heteroatoms. The second-order valence-electron chi connectivity index (χ2n) is 5.49. The van der Waals surface area contributed by atoms with Crippen molar-refractivity contribution < 1.29 is 14.3 Å². The summed E-state index contributed by atoms with van der Waals surface area (Å²) in [6.45, 7) is 8.74. The summed E-state index contributed by atoms with van der Waals surface area (Å²) in [6, 6.07) is 0. The Morgan fingerprint density at radius 1 is 1.44 bits per heavy atom. The Morgan fingerprint density at radius 2 is 2.06 bits per heavy atom. The van der Waals surface area contributed by atoms with Crippen LogP contribution in [-0.4, -0.2) is 36.0 Å². The molecule has 2 unspecified atom stereocenters. The van der Waals surface area contributed by atoms with Gasteiger partial charge in [-0.15, -0.1) is 0 Å². The third-order valence-electron chi connectivity index (χ3n) is 2.84. The molecule has 0 radical (unpaired) electrons. The van der Waals surface area contributed by atoms with Gasteiger partial charge in [0.05, 0.1) is 0 Å². The van der Waals surface area contributed by atoms with Gasteiger partial charge in [-0.2, -0.15) is 0 Å². The first-order valence-electron chi connectivity index (χ1n) is 5.76. The van der Waals surface area contributed by atoms with Crippen molar-refractivity contribution in [2.75, 3.05) is 13.1 Å². The molecule has 1 aliphatic heterocycles. The van der Waals surface area contributed by atoms with Crippen LogP contribution in [-0.2, 0) is 9.53 Å². The quantitative estimate of drug-likeness (QED) is 0.644. The van der Waals surface area contributed by atoms with E-state index < -0.39 is 5.60 Å². The lowest BCUT2D eigenvalue weighted by Gasteiger charge is -2.35. The van der Waals surface area contributed by atoms with Crippen molar-refractivity contribution in [1.29, 1.82) is 0 Å². The second-order valence-corrected chi connectivity index (χ2v) is 5.49. The number of amides is 1. The second kappa shape index (κ2) is 4.85. The molecule has 0 aliphatic carbocycles. The Labute approximate surface area is 96.9 Å². The molecular formula is C12H21NO3.